The molecule has 118 valence electrons. The van der Waals surface area contributed by atoms with Gasteiger partial charge in [0.15, 0.2) is 0 Å². The maximum Gasteiger partial charge on any atom is 0.0864 e. The van der Waals surface area contributed by atoms with Gasteiger partial charge in [-0.1, -0.05) is 19.1 Å². The first-order chi connectivity index (χ1) is 10.7. The number of nitrogens with one attached hydrogen (secondary N) is 1. The minimum Gasteiger partial charge on any atom is -0.396 e. The second-order valence-electron chi connectivity index (χ2n) is 6.84. The summed E-state index contributed by atoms with van der Waals surface area (Å²) >= 11 is 3.72. The van der Waals surface area contributed by atoms with Crippen LogP contribution in [0.3, 0.4) is 0 Å². The number of benzene rings is 1. The van der Waals surface area contributed by atoms with Crippen molar-refractivity contribution in [2.24, 2.45) is 5.92 Å². The lowest BCUT2D eigenvalue weighted by molar-refractivity contribution is 0.0571. The zero-order valence-electron chi connectivity index (χ0n) is 13.0. The molecule has 3 atom stereocenters. The topological polar surface area (TPSA) is 39.3 Å². The monoisotopic (exact) mass is 362 g/mol. The molecule has 2 aliphatic rings. The van der Waals surface area contributed by atoms with E-state index in [9.17, 15) is 5.11 Å². The fourth-order valence-electron chi connectivity index (χ4n) is 4.62. The molecular weight excluding hydrogens is 340 g/mol. The van der Waals surface area contributed by atoms with Gasteiger partial charge in [-0.15, -0.1) is 0 Å². The zero-order chi connectivity index (χ0) is 15.3. The number of halogens is 1. The van der Waals surface area contributed by atoms with Crippen LogP contribution in [-0.2, 0) is 6.42 Å². The van der Waals surface area contributed by atoms with Crippen LogP contribution in [-0.4, -0.2) is 40.7 Å². The van der Waals surface area contributed by atoms with Gasteiger partial charge in [0, 0.05) is 36.0 Å². The molecule has 1 aliphatic heterocycles. The highest BCUT2D eigenvalue weighted by Gasteiger charge is 2.40. The molecule has 3 nitrogen and oxygen atoms in total. The van der Waals surface area contributed by atoms with Crippen molar-refractivity contribution in [3.05, 3.63) is 33.9 Å². The summed E-state index contributed by atoms with van der Waals surface area (Å²) < 4.78 is 1.15. The standard InChI is InChI=1S/C18H23BrN2O/c1-2-6-21-9-11(10-22)7-13-12-4-3-5-15-17(12)14(8-16(13)21)18(19)20-15/h3-5,11,13,16,20,22H,2,6-10H2,1H3/t11-,13?,16-/m1/s1. The molecule has 1 unspecified atom stereocenters. The molecule has 2 aromatic rings. The van der Waals surface area contributed by atoms with Crippen LogP contribution in [0.5, 0.6) is 0 Å². The third kappa shape index (κ3) is 2.15. The molecular formula is C18H23BrN2O. The fraction of sp³-hybridized carbons (Fsp3) is 0.556. The van der Waals surface area contributed by atoms with Gasteiger partial charge in [-0.3, -0.25) is 4.90 Å². The van der Waals surface area contributed by atoms with E-state index in [2.05, 4.69) is 50.9 Å². The Morgan fingerprint density at radius 2 is 2.27 bits per heavy atom. The number of hydrogen-bond donors (Lipinski definition) is 2. The van der Waals surface area contributed by atoms with Gasteiger partial charge in [0.2, 0.25) is 0 Å². The van der Waals surface area contributed by atoms with E-state index in [0.29, 0.717) is 24.5 Å². The summed E-state index contributed by atoms with van der Waals surface area (Å²) in [6.07, 6.45) is 3.40. The number of likely N-dealkylation sites (tertiary alicyclic amines) is 1. The summed E-state index contributed by atoms with van der Waals surface area (Å²) in [6, 6.07) is 7.21. The molecule has 1 fully saturated rings. The Morgan fingerprint density at radius 1 is 1.41 bits per heavy atom. The fourth-order valence-corrected chi connectivity index (χ4v) is 5.19. The Hall–Kier alpha value is -0.840. The van der Waals surface area contributed by atoms with Crippen LogP contribution in [0.25, 0.3) is 10.9 Å². The Morgan fingerprint density at radius 3 is 3.05 bits per heavy atom. The lowest BCUT2D eigenvalue weighted by Crippen LogP contribution is -2.50. The molecule has 0 saturated carbocycles. The van der Waals surface area contributed by atoms with Crippen molar-refractivity contribution in [3.63, 3.8) is 0 Å². The number of aromatic nitrogens is 1. The number of rotatable bonds is 3. The summed E-state index contributed by atoms with van der Waals surface area (Å²) in [5.74, 6) is 0.961. The van der Waals surface area contributed by atoms with E-state index in [0.717, 1.165) is 30.5 Å². The molecule has 0 spiro atoms. The molecule has 1 aromatic carbocycles. The first-order valence-electron chi connectivity index (χ1n) is 8.36. The third-order valence-electron chi connectivity index (χ3n) is 5.50. The molecule has 1 aliphatic carbocycles. The predicted octanol–water partition coefficient (Wildman–Crippen LogP) is 3.66. The van der Waals surface area contributed by atoms with Crippen LogP contribution in [0.15, 0.2) is 22.8 Å². The van der Waals surface area contributed by atoms with Crippen molar-refractivity contribution in [1.82, 2.24) is 9.88 Å². The van der Waals surface area contributed by atoms with Crippen LogP contribution in [0.4, 0.5) is 0 Å². The highest BCUT2D eigenvalue weighted by atomic mass is 79.9. The largest absolute Gasteiger partial charge is 0.396 e. The minimum atomic E-state index is 0.309. The van der Waals surface area contributed by atoms with Crippen molar-refractivity contribution < 1.29 is 5.11 Å². The normalized spacial score (nSPS) is 28.0. The second kappa shape index (κ2) is 5.66. The average Bonchev–Trinajstić information content (AvgIpc) is 2.85. The Kier molecular flexibility index (Phi) is 3.79. The molecule has 0 radical (unpaired) electrons. The molecule has 0 amide bonds. The zero-order valence-corrected chi connectivity index (χ0v) is 14.6. The lowest BCUT2D eigenvalue weighted by Gasteiger charge is -2.47. The summed E-state index contributed by atoms with van der Waals surface area (Å²) in [5, 5.41) is 11.1. The van der Waals surface area contributed by atoms with Crippen LogP contribution in [0, 0.1) is 5.92 Å². The van der Waals surface area contributed by atoms with Crippen LogP contribution >= 0.6 is 15.9 Å². The Bertz CT molecular complexity index is 696. The number of fused-ring (bicyclic) bond motifs is 2. The number of H-pyrrole nitrogens is 1. The van der Waals surface area contributed by atoms with E-state index in [1.807, 2.05) is 0 Å². The molecule has 1 aromatic heterocycles. The second-order valence-corrected chi connectivity index (χ2v) is 7.64. The summed E-state index contributed by atoms with van der Waals surface area (Å²) in [7, 11) is 0. The van der Waals surface area contributed by atoms with Crippen molar-refractivity contribution in [2.75, 3.05) is 19.7 Å². The third-order valence-corrected chi connectivity index (χ3v) is 6.18. The summed E-state index contributed by atoms with van der Waals surface area (Å²) in [5.41, 5.74) is 4.16. The number of aromatic amines is 1. The van der Waals surface area contributed by atoms with Gasteiger partial charge in [0.05, 0.1) is 4.60 Å². The molecule has 4 rings (SSSR count). The number of aliphatic hydroxyl groups excluding tert-OH is 1. The van der Waals surface area contributed by atoms with Crippen LogP contribution in [0.2, 0.25) is 0 Å². The quantitative estimate of drug-likeness (QED) is 0.874. The van der Waals surface area contributed by atoms with E-state index in [4.69, 9.17) is 0 Å². The highest BCUT2D eigenvalue weighted by molar-refractivity contribution is 9.10. The SMILES string of the molecule is CCCN1C[C@H](CO)CC2c3cccc4[nH]c(Br)c(c34)C[C@H]21. The Labute approximate surface area is 139 Å². The van der Waals surface area contributed by atoms with E-state index in [1.165, 1.54) is 28.5 Å². The van der Waals surface area contributed by atoms with Gasteiger partial charge in [0.25, 0.3) is 0 Å². The maximum absolute atomic E-state index is 9.72. The van der Waals surface area contributed by atoms with Crippen molar-refractivity contribution in [2.45, 2.75) is 38.1 Å². The highest BCUT2D eigenvalue weighted by Crippen LogP contribution is 2.46. The molecule has 1 saturated heterocycles. The predicted molar refractivity (Wildman–Crippen MR) is 93.3 cm³/mol. The number of aliphatic hydroxyl groups is 1. The Balaban J connectivity index is 1.83. The van der Waals surface area contributed by atoms with Crippen molar-refractivity contribution >= 4 is 26.8 Å². The first-order valence-corrected chi connectivity index (χ1v) is 9.16. The van der Waals surface area contributed by atoms with Gasteiger partial charge >= 0.3 is 0 Å². The van der Waals surface area contributed by atoms with E-state index >= 15 is 0 Å². The molecule has 22 heavy (non-hydrogen) atoms. The molecule has 2 N–H and O–H groups in total. The van der Waals surface area contributed by atoms with Gasteiger partial charge in [-0.05, 0) is 64.8 Å². The first kappa shape index (κ1) is 14.7. The van der Waals surface area contributed by atoms with E-state index in [-0.39, 0.29) is 0 Å². The molecule has 0 bridgehead atoms. The van der Waals surface area contributed by atoms with Gasteiger partial charge in [-0.2, -0.15) is 0 Å². The minimum absolute atomic E-state index is 0.309. The average molecular weight is 363 g/mol. The number of piperidine rings is 1. The van der Waals surface area contributed by atoms with E-state index in [1.54, 1.807) is 0 Å². The number of hydrogen-bond acceptors (Lipinski definition) is 2. The maximum atomic E-state index is 9.72. The number of nitrogens with zero attached hydrogens (tertiary/aromatic N) is 1. The summed E-state index contributed by atoms with van der Waals surface area (Å²) in [6.45, 7) is 4.73. The van der Waals surface area contributed by atoms with Crippen molar-refractivity contribution in [3.8, 4) is 0 Å². The van der Waals surface area contributed by atoms with Gasteiger partial charge in [0.1, 0.15) is 0 Å². The smallest absolute Gasteiger partial charge is 0.0864 e. The lowest BCUT2D eigenvalue weighted by atomic mass is 9.72. The van der Waals surface area contributed by atoms with Crippen LogP contribution < -0.4 is 0 Å². The van der Waals surface area contributed by atoms with Gasteiger partial charge in [-0.25, -0.2) is 0 Å². The van der Waals surface area contributed by atoms with Crippen molar-refractivity contribution in [1.29, 1.82) is 0 Å². The molecule has 2 heterocycles. The molecule has 4 heteroatoms. The van der Waals surface area contributed by atoms with E-state index < -0.39 is 0 Å². The van der Waals surface area contributed by atoms with Gasteiger partial charge < -0.3 is 10.1 Å². The van der Waals surface area contributed by atoms with Crippen LogP contribution in [0.1, 0.15) is 36.8 Å². The summed E-state index contributed by atoms with van der Waals surface area (Å²) in [4.78, 5) is 6.11.